The number of fused-ring (bicyclic) bond motifs is 14. The predicted octanol–water partition coefficient (Wildman–Crippen LogP) is 15.0. The molecule has 11 aromatic carbocycles. The van der Waals surface area contributed by atoms with Gasteiger partial charge in [-0.3, -0.25) is 0 Å². The van der Waals surface area contributed by atoms with Crippen molar-refractivity contribution in [2.24, 2.45) is 0 Å². The molecule has 12 aromatic rings. The zero-order valence-corrected chi connectivity index (χ0v) is 28.7. The molecule has 0 aliphatic rings. The lowest BCUT2D eigenvalue weighted by Crippen LogP contribution is -1.92. The summed E-state index contributed by atoms with van der Waals surface area (Å²) in [5.74, 6) is 0. The van der Waals surface area contributed by atoms with Gasteiger partial charge in [0.2, 0.25) is 0 Å². The van der Waals surface area contributed by atoms with Crippen molar-refractivity contribution in [3.8, 4) is 22.3 Å². The van der Waals surface area contributed by atoms with Crippen LogP contribution in [0.5, 0.6) is 0 Å². The lowest BCUT2D eigenvalue weighted by molar-refractivity contribution is 0.673. The Morgan fingerprint density at radius 3 is 1.53 bits per heavy atom. The maximum absolute atomic E-state index is 6.86. The van der Waals surface area contributed by atoms with E-state index in [1.807, 2.05) is 0 Å². The molecule has 0 aliphatic carbocycles. The van der Waals surface area contributed by atoms with Crippen molar-refractivity contribution in [1.82, 2.24) is 0 Å². The van der Waals surface area contributed by atoms with Crippen LogP contribution in [0.2, 0.25) is 0 Å². The predicted molar refractivity (Wildman–Crippen MR) is 227 cm³/mol. The van der Waals surface area contributed by atoms with Crippen LogP contribution in [0.4, 0.5) is 0 Å². The van der Waals surface area contributed by atoms with Crippen molar-refractivity contribution in [2.45, 2.75) is 0 Å². The lowest BCUT2D eigenvalue weighted by Gasteiger charge is -2.19. The van der Waals surface area contributed by atoms with Gasteiger partial charge in [0.1, 0.15) is 11.2 Å². The van der Waals surface area contributed by atoms with Crippen LogP contribution < -0.4 is 0 Å². The fourth-order valence-electron chi connectivity index (χ4n) is 9.29. The van der Waals surface area contributed by atoms with Gasteiger partial charge >= 0.3 is 0 Å². The Kier molecular flexibility index (Phi) is 5.84. The summed E-state index contributed by atoms with van der Waals surface area (Å²) in [4.78, 5) is 0. The normalized spacial score (nSPS) is 12.2. The van der Waals surface area contributed by atoms with Gasteiger partial charge in [-0.25, -0.2) is 0 Å². The number of benzene rings is 11. The minimum Gasteiger partial charge on any atom is -0.455 e. The van der Waals surface area contributed by atoms with E-state index in [1.54, 1.807) is 0 Å². The van der Waals surface area contributed by atoms with Gasteiger partial charge < -0.3 is 4.42 Å². The Balaban J connectivity index is 1.14. The van der Waals surface area contributed by atoms with Gasteiger partial charge in [-0.15, -0.1) is 0 Å². The second-order valence-electron chi connectivity index (χ2n) is 14.3. The highest BCUT2D eigenvalue weighted by Gasteiger charge is 2.21. The zero-order valence-electron chi connectivity index (χ0n) is 28.7. The fourth-order valence-corrected chi connectivity index (χ4v) is 9.29. The van der Waals surface area contributed by atoms with E-state index in [0.29, 0.717) is 0 Å². The smallest absolute Gasteiger partial charge is 0.143 e. The highest BCUT2D eigenvalue weighted by Crippen LogP contribution is 2.48. The Labute approximate surface area is 304 Å². The van der Waals surface area contributed by atoms with E-state index in [1.165, 1.54) is 92.1 Å². The topological polar surface area (TPSA) is 13.1 Å². The first-order valence-corrected chi connectivity index (χ1v) is 18.3. The van der Waals surface area contributed by atoms with Crippen LogP contribution in [0, 0.1) is 0 Å². The zero-order chi connectivity index (χ0) is 34.6. The SMILES string of the molecule is c1ccc2cc3c(ccc4c(-c5c6ccccc6c(-c6ccc7c(c6)oc6c8ccccc8c8ccccc8c76)c6ccccc56)cccc43)cc2c1. The van der Waals surface area contributed by atoms with E-state index in [0.717, 1.165) is 27.5 Å². The average molecular weight is 671 g/mol. The summed E-state index contributed by atoms with van der Waals surface area (Å²) >= 11 is 0. The molecule has 0 amide bonds. The molecule has 0 atom stereocenters. The van der Waals surface area contributed by atoms with Crippen LogP contribution in [-0.2, 0) is 0 Å². The van der Waals surface area contributed by atoms with Gasteiger partial charge in [-0.1, -0.05) is 158 Å². The van der Waals surface area contributed by atoms with Gasteiger partial charge in [0, 0.05) is 16.2 Å². The van der Waals surface area contributed by atoms with Gasteiger partial charge in [-0.2, -0.15) is 0 Å². The molecule has 0 saturated heterocycles. The summed E-state index contributed by atoms with van der Waals surface area (Å²) in [6.07, 6.45) is 0. The molecule has 0 aliphatic heterocycles. The molecular formula is C52H30O. The van der Waals surface area contributed by atoms with Crippen molar-refractivity contribution in [3.05, 3.63) is 182 Å². The van der Waals surface area contributed by atoms with Crippen LogP contribution >= 0.6 is 0 Å². The molecule has 1 heterocycles. The maximum atomic E-state index is 6.86. The minimum absolute atomic E-state index is 0.907. The van der Waals surface area contributed by atoms with Crippen molar-refractivity contribution in [1.29, 1.82) is 0 Å². The molecule has 0 bridgehead atoms. The first-order chi connectivity index (χ1) is 26.3. The summed E-state index contributed by atoms with van der Waals surface area (Å²) in [7, 11) is 0. The molecule has 1 nitrogen and oxygen atoms in total. The van der Waals surface area contributed by atoms with Gasteiger partial charge in [0.25, 0.3) is 0 Å². The van der Waals surface area contributed by atoms with Crippen molar-refractivity contribution >= 4 is 97.3 Å². The van der Waals surface area contributed by atoms with Crippen LogP contribution in [-0.4, -0.2) is 0 Å². The molecule has 0 saturated carbocycles. The highest BCUT2D eigenvalue weighted by molar-refractivity contribution is 6.31. The van der Waals surface area contributed by atoms with E-state index in [4.69, 9.17) is 4.42 Å². The van der Waals surface area contributed by atoms with Crippen molar-refractivity contribution < 1.29 is 4.42 Å². The summed E-state index contributed by atoms with van der Waals surface area (Å²) < 4.78 is 6.86. The molecule has 1 heteroatoms. The third-order valence-corrected chi connectivity index (χ3v) is 11.6. The summed E-state index contributed by atoms with van der Waals surface area (Å²) in [5.41, 5.74) is 6.77. The average Bonchev–Trinajstić information content (AvgIpc) is 3.61. The van der Waals surface area contributed by atoms with Crippen LogP contribution in [0.25, 0.3) is 120 Å². The summed E-state index contributed by atoms with van der Waals surface area (Å²) in [6.45, 7) is 0. The third kappa shape index (κ3) is 4.02. The van der Waals surface area contributed by atoms with E-state index >= 15 is 0 Å². The molecule has 244 valence electrons. The monoisotopic (exact) mass is 670 g/mol. The number of rotatable bonds is 2. The second kappa shape index (κ2) is 10.8. The molecule has 53 heavy (non-hydrogen) atoms. The maximum Gasteiger partial charge on any atom is 0.143 e. The van der Waals surface area contributed by atoms with Gasteiger partial charge in [-0.05, 0) is 117 Å². The lowest BCUT2D eigenvalue weighted by atomic mass is 9.84. The molecule has 1 aromatic heterocycles. The quantitative estimate of drug-likeness (QED) is 0.132. The largest absolute Gasteiger partial charge is 0.455 e. The standard InChI is InChI=1S/C52H30O/c1-2-13-32-29-47-33(28-31(32)12-1)24-26-38-37(47)22-11-23-39(38)50-43-19-8-6-17-41(43)49(42-18-7-9-20-44(42)50)34-25-27-46-48(30-34)53-52-45-21-10-4-15-36(45)35-14-3-5-16-40(35)51(46)52/h1-30H. The Hall–Kier alpha value is -6.96. The first kappa shape index (κ1) is 28.7. The van der Waals surface area contributed by atoms with Crippen LogP contribution in [0.1, 0.15) is 0 Å². The molecule has 0 unspecified atom stereocenters. The number of furan rings is 1. The first-order valence-electron chi connectivity index (χ1n) is 18.3. The van der Waals surface area contributed by atoms with Crippen LogP contribution in [0.15, 0.2) is 186 Å². The Bertz CT molecular complexity index is 3450. The van der Waals surface area contributed by atoms with Crippen molar-refractivity contribution in [2.75, 3.05) is 0 Å². The van der Waals surface area contributed by atoms with E-state index < -0.39 is 0 Å². The van der Waals surface area contributed by atoms with E-state index in [-0.39, 0.29) is 0 Å². The third-order valence-electron chi connectivity index (χ3n) is 11.6. The molecule has 0 fully saturated rings. The number of hydrogen-bond donors (Lipinski definition) is 0. The van der Waals surface area contributed by atoms with E-state index in [9.17, 15) is 0 Å². The van der Waals surface area contributed by atoms with Gasteiger partial charge in [0.05, 0.1) is 0 Å². The minimum atomic E-state index is 0.907. The van der Waals surface area contributed by atoms with Gasteiger partial charge in [0.15, 0.2) is 0 Å². The van der Waals surface area contributed by atoms with E-state index in [2.05, 4.69) is 182 Å². The highest BCUT2D eigenvalue weighted by atomic mass is 16.3. The second-order valence-corrected chi connectivity index (χ2v) is 14.3. The Morgan fingerprint density at radius 2 is 0.811 bits per heavy atom. The Morgan fingerprint density at radius 1 is 0.283 bits per heavy atom. The fraction of sp³-hybridized carbons (Fsp3) is 0. The summed E-state index contributed by atoms with van der Waals surface area (Å²) in [6, 6.07) is 66.8. The van der Waals surface area contributed by atoms with Crippen LogP contribution in [0.3, 0.4) is 0 Å². The molecule has 12 rings (SSSR count). The molecular weight excluding hydrogens is 641 g/mol. The van der Waals surface area contributed by atoms with Crippen molar-refractivity contribution in [3.63, 3.8) is 0 Å². The number of hydrogen-bond acceptors (Lipinski definition) is 1. The molecule has 0 spiro atoms. The molecule has 0 radical (unpaired) electrons. The molecule has 0 N–H and O–H groups in total. The summed E-state index contributed by atoms with van der Waals surface area (Å²) in [5, 5.41) is 19.8.